The molecular formula is C24H19BrN4O3S2. The van der Waals surface area contributed by atoms with Gasteiger partial charge >= 0.3 is 0 Å². The molecule has 4 aromatic rings. The van der Waals surface area contributed by atoms with E-state index in [1.165, 1.54) is 11.3 Å². The number of hydrogen-bond acceptors (Lipinski definition) is 7. The average Bonchev–Trinajstić information content (AvgIpc) is 3.49. The van der Waals surface area contributed by atoms with E-state index in [2.05, 4.69) is 36.8 Å². The van der Waals surface area contributed by atoms with Gasteiger partial charge in [-0.25, -0.2) is 5.43 Å². The number of hydrogen-bond donors (Lipinski definition) is 3. The third-order valence-corrected chi connectivity index (χ3v) is 7.45. The highest BCUT2D eigenvalue weighted by Gasteiger charge is 2.16. The molecule has 34 heavy (non-hydrogen) atoms. The first-order valence-corrected chi connectivity index (χ1v) is 12.6. The minimum atomic E-state index is -0.432. The van der Waals surface area contributed by atoms with Crippen LogP contribution in [0.1, 0.15) is 37.4 Å². The molecule has 0 spiro atoms. The Morgan fingerprint density at radius 1 is 1.09 bits per heavy atom. The van der Waals surface area contributed by atoms with Crippen molar-refractivity contribution in [3.63, 3.8) is 0 Å². The van der Waals surface area contributed by atoms with E-state index in [0.717, 1.165) is 31.8 Å². The Labute approximate surface area is 212 Å². The minimum absolute atomic E-state index is 0.117. The van der Waals surface area contributed by atoms with Gasteiger partial charge in [-0.15, -0.1) is 22.7 Å². The monoisotopic (exact) mass is 554 g/mol. The fourth-order valence-corrected chi connectivity index (χ4v) is 5.11. The molecule has 2 amide bonds. The molecule has 0 aliphatic heterocycles. The number of carbonyl (C=O) groups excluding carboxylic acids is 2. The van der Waals surface area contributed by atoms with Gasteiger partial charge in [0.15, 0.2) is 0 Å². The topological polar surface area (TPSA) is 104 Å². The van der Waals surface area contributed by atoms with E-state index in [9.17, 15) is 14.7 Å². The maximum Gasteiger partial charge on any atom is 0.281 e. The van der Waals surface area contributed by atoms with Crippen LogP contribution in [-0.2, 0) is 6.54 Å². The minimum Gasteiger partial charge on any atom is -0.506 e. The van der Waals surface area contributed by atoms with Gasteiger partial charge in [0.05, 0.1) is 25.9 Å². The number of pyridine rings is 1. The van der Waals surface area contributed by atoms with Crippen molar-refractivity contribution in [2.45, 2.75) is 13.5 Å². The van der Waals surface area contributed by atoms with Crippen LogP contribution in [-0.4, -0.2) is 27.6 Å². The van der Waals surface area contributed by atoms with Gasteiger partial charge in [-0.2, -0.15) is 5.10 Å². The summed E-state index contributed by atoms with van der Waals surface area (Å²) >= 11 is 5.88. The summed E-state index contributed by atoms with van der Waals surface area (Å²) in [5.74, 6) is -0.582. The molecular weight excluding hydrogens is 536 g/mol. The zero-order chi connectivity index (χ0) is 24.1. The summed E-state index contributed by atoms with van der Waals surface area (Å²) in [5, 5.41) is 19.4. The molecule has 3 heterocycles. The maximum atomic E-state index is 12.5. The van der Waals surface area contributed by atoms with Crippen molar-refractivity contribution in [2.75, 3.05) is 0 Å². The first-order valence-electron chi connectivity index (χ1n) is 10.1. The molecule has 0 saturated heterocycles. The van der Waals surface area contributed by atoms with Crippen LogP contribution >= 0.6 is 38.6 Å². The maximum absolute atomic E-state index is 12.5. The van der Waals surface area contributed by atoms with E-state index in [1.807, 2.05) is 30.3 Å². The van der Waals surface area contributed by atoms with Crippen molar-refractivity contribution >= 4 is 56.1 Å². The zero-order valence-corrected chi connectivity index (χ0v) is 21.1. The fraction of sp³-hybridized carbons (Fsp3) is 0.0833. The second kappa shape index (κ2) is 10.7. The van der Waals surface area contributed by atoms with Crippen LogP contribution in [0.2, 0.25) is 0 Å². The van der Waals surface area contributed by atoms with Crippen LogP contribution in [0.15, 0.2) is 75.9 Å². The van der Waals surface area contributed by atoms with Crippen molar-refractivity contribution in [3.8, 4) is 16.2 Å². The Hall–Kier alpha value is -3.34. The molecule has 0 radical (unpaired) electrons. The molecule has 172 valence electrons. The Balaban J connectivity index is 1.39. The molecule has 0 saturated carbocycles. The highest BCUT2D eigenvalue weighted by atomic mass is 79.9. The third-order valence-electron chi connectivity index (χ3n) is 4.82. The van der Waals surface area contributed by atoms with E-state index < -0.39 is 5.91 Å². The lowest BCUT2D eigenvalue weighted by atomic mass is 10.1. The van der Waals surface area contributed by atoms with Gasteiger partial charge in [0.1, 0.15) is 5.75 Å². The number of benzene rings is 1. The normalized spacial score (nSPS) is 11.3. The van der Waals surface area contributed by atoms with Crippen LogP contribution in [0.4, 0.5) is 0 Å². The summed E-state index contributed by atoms with van der Waals surface area (Å²) in [4.78, 5) is 30.4. The van der Waals surface area contributed by atoms with Crippen molar-refractivity contribution < 1.29 is 14.7 Å². The second-order valence-corrected chi connectivity index (χ2v) is 10.1. The van der Waals surface area contributed by atoms with Crippen LogP contribution in [0.3, 0.4) is 0 Å². The molecule has 0 aliphatic carbocycles. The number of amides is 2. The van der Waals surface area contributed by atoms with Gasteiger partial charge in [-0.3, -0.25) is 14.6 Å². The van der Waals surface area contributed by atoms with Gasteiger partial charge in [0.25, 0.3) is 11.8 Å². The second-order valence-electron chi connectivity index (χ2n) is 7.18. The predicted molar refractivity (Wildman–Crippen MR) is 139 cm³/mol. The van der Waals surface area contributed by atoms with Crippen molar-refractivity contribution in [1.82, 2.24) is 15.7 Å². The lowest BCUT2D eigenvalue weighted by Crippen LogP contribution is -2.22. The quantitative estimate of drug-likeness (QED) is 0.209. The highest BCUT2D eigenvalue weighted by molar-refractivity contribution is 9.10. The third kappa shape index (κ3) is 5.58. The molecule has 0 aliphatic rings. The van der Waals surface area contributed by atoms with Crippen LogP contribution in [0, 0.1) is 0 Å². The van der Waals surface area contributed by atoms with Crippen LogP contribution < -0.4 is 10.7 Å². The van der Waals surface area contributed by atoms with E-state index in [4.69, 9.17) is 0 Å². The molecule has 1 aromatic carbocycles. The number of aromatic nitrogens is 1. The summed E-state index contributed by atoms with van der Waals surface area (Å²) in [6.07, 6.45) is 3.35. The first-order chi connectivity index (χ1) is 16.4. The number of nitrogens with zero attached hydrogens (tertiary/aromatic N) is 2. The summed E-state index contributed by atoms with van der Waals surface area (Å²) in [6.45, 7) is 2.06. The zero-order valence-electron chi connectivity index (χ0n) is 17.9. The average molecular weight is 555 g/mol. The first kappa shape index (κ1) is 23.8. The number of rotatable bonds is 7. The Morgan fingerprint density at radius 2 is 1.82 bits per heavy atom. The molecule has 4 rings (SSSR count). The Kier molecular flexibility index (Phi) is 7.51. The predicted octanol–water partition coefficient (Wildman–Crippen LogP) is 5.42. The van der Waals surface area contributed by atoms with E-state index in [1.54, 1.807) is 42.9 Å². The molecule has 0 bridgehead atoms. The molecule has 0 fully saturated rings. The van der Waals surface area contributed by atoms with Crippen molar-refractivity contribution in [1.29, 1.82) is 0 Å². The smallest absolute Gasteiger partial charge is 0.281 e. The van der Waals surface area contributed by atoms with E-state index in [-0.39, 0.29) is 11.7 Å². The van der Waals surface area contributed by atoms with E-state index in [0.29, 0.717) is 27.6 Å². The van der Waals surface area contributed by atoms with E-state index >= 15 is 0 Å². The molecule has 0 unspecified atom stereocenters. The largest absolute Gasteiger partial charge is 0.506 e. The number of carbonyl (C=O) groups is 2. The Bertz CT molecular complexity index is 1350. The summed E-state index contributed by atoms with van der Waals surface area (Å²) < 4.78 is 0.954. The lowest BCUT2D eigenvalue weighted by molar-refractivity contribution is 0.0950. The van der Waals surface area contributed by atoms with Crippen LogP contribution in [0.25, 0.3) is 10.4 Å². The number of halogens is 1. The summed E-state index contributed by atoms with van der Waals surface area (Å²) in [6, 6.07) is 14.5. The molecule has 10 heteroatoms. The van der Waals surface area contributed by atoms with Gasteiger partial charge in [-0.05, 0) is 48.4 Å². The number of nitrogens with one attached hydrogen (secondary N) is 2. The van der Waals surface area contributed by atoms with Crippen LogP contribution in [0.5, 0.6) is 5.75 Å². The molecule has 3 N–H and O–H groups in total. The van der Waals surface area contributed by atoms with Crippen molar-refractivity contribution in [2.24, 2.45) is 5.10 Å². The molecule has 3 aromatic heterocycles. The van der Waals surface area contributed by atoms with Gasteiger partial charge < -0.3 is 10.4 Å². The van der Waals surface area contributed by atoms with Gasteiger partial charge in [0.2, 0.25) is 0 Å². The molecule has 7 nitrogen and oxygen atoms in total. The fourth-order valence-electron chi connectivity index (χ4n) is 3.02. The van der Waals surface area contributed by atoms with Gasteiger partial charge in [-0.1, -0.05) is 34.1 Å². The SMILES string of the molecule is C/C(=N/NC(=O)c1ccc(C(=O)NCc2cccnc2)s1)c1csc(-c2ccc(Br)cc2)c1O. The summed E-state index contributed by atoms with van der Waals surface area (Å²) in [7, 11) is 0. The lowest BCUT2D eigenvalue weighted by Gasteiger charge is -2.03. The van der Waals surface area contributed by atoms with Crippen molar-refractivity contribution in [3.05, 3.63) is 91.7 Å². The van der Waals surface area contributed by atoms with Gasteiger partial charge in [0, 0.05) is 28.8 Å². The number of thiophene rings is 2. The molecule has 0 atom stereocenters. The Morgan fingerprint density at radius 3 is 2.53 bits per heavy atom. The number of aromatic hydroxyl groups is 1. The standard InChI is InChI=1S/C24H19BrN4O3S2/c1-14(18-13-33-22(21(18)30)16-4-6-17(25)7-5-16)28-29-24(32)20-9-8-19(34-20)23(31)27-12-15-3-2-10-26-11-15/h2-11,13,30H,12H2,1H3,(H,27,31)(H,29,32)/b28-14-. The summed E-state index contributed by atoms with van der Waals surface area (Å²) in [5.41, 5.74) is 5.29. The number of hydrazone groups is 1. The highest BCUT2D eigenvalue weighted by Crippen LogP contribution is 2.39.